The van der Waals surface area contributed by atoms with E-state index in [0.717, 1.165) is 134 Å². The summed E-state index contributed by atoms with van der Waals surface area (Å²) in [5, 5.41) is 40.5. The van der Waals surface area contributed by atoms with Crippen LogP contribution < -0.4 is 43.0 Å². The number of nitrogen functional groups attached to an aromatic ring is 1. The molecule has 13 nitrogen and oxygen atoms in total. The number of allylic oxidation sites excluding steroid dienone is 6. The maximum atomic E-state index is 11.0. The molecule has 1 amide bonds. The highest BCUT2D eigenvalue weighted by atomic mass is 127. The molecule has 0 fully saturated rings. The van der Waals surface area contributed by atoms with Crippen LogP contribution in [0.4, 0.5) is 45.5 Å². The van der Waals surface area contributed by atoms with Crippen LogP contribution in [0, 0.1) is 59.0 Å². The van der Waals surface area contributed by atoms with E-state index in [1.807, 2.05) is 57.2 Å². The highest BCUT2D eigenvalue weighted by molar-refractivity contribution is 14.1. The lowest BCUT2D eigenvalue weighted by atomic mass is 9.97. The Hall–Kier alpha value is -8.51. The number of amides is 1. The minimum atomic E-state index is -0.872. The predicted octanol–water partition coefficient (Wildman–Crippen LogP) is 18.6. The van der Waals surface area contributed by atoms with Crippen LogP contribution >= 0.6 is 50.1 Å². The van der Waals surface area contributed by atoms with Crippen molar-refractivity contribution in [3.63, 3.8) is 0 Å². The summed E-state index contributed by atoms with van der Waals surface area (Å²) in [7, 11) is 0. The van der Waals surface area contributed by atoms with Crippen LogP contribution in [0.25, 0.3) is 0 Å². The van der Waals surface area contributed by atoms with Crippen LogP contribution in [-0.4, -0.2) is 28.1 Å². The van der Waals surface area contributed by atoms with Crippen molar-refractivity contribution < 1.29 is 24.6 Å². The van der Waals surface area contributed by atoms with Gasteiger partial charge in [-0.3, -0.25) is 9.59 Å². The minimum Gasteiger partial charge on any atom is -0.481 e. The first kappa shape index (κ1) is 70.0. The molecule has 0 aliphatic carbocycles. The van der Waals surface area contributed by atoms with Gasteiger partial charge in [0.1, 0.15) is 0 Å². The van der Waals surface area contributed by atoms with Gasteiger partial charge in [-0.05, 0) is 246 Å². The van der Waals surface area contributed by atoms with Crippen LogP contribution in [-0.2, 0) is 61.0 Å². The summed E-state index contributed by atoms with van der Waals surface area (Å²) in [6.45, 7) is 39.9. The third kappa shape index (κ3) is 16.7. The summed E-state index contributed by atoms with van der Waals surface area (Å²) in [6.07, 6.45) is 6.66. The normalized spacial score (nSPS) is 13.9. The van der Waals surface area contributed by atoms with Gasteiger partial charge in [0.25, 0.3) is 0 Å². The standard InChI is InChI=1S/C13H15NO2.C11H11NO2.C11H13N.C10H10BrN.C10H10ClN.C10H10IN.C9H10N2O.CH4/c1-8-7-11-9(2)10(4-6-13(15)16)3-5-12(11)14-8;1-6-5-9-7(2)8(11(13)14)3-4-10(9)12-6;1-7-4-5-11-10(9(7)3)6-8(2)12-11;3*1-6-5-8-7(2)9(11)3-4-10(8)12-6;1-5-6-4-9(12)11-8(6)3-2-7(5)10;/h3,5,14H,1,4,6-7H2,2H3,(H,15,16);3-4,12H,1,5H2,2H3,(H,13,14);4-5,12H,2,6H2,1,3H3;3*3-4,12H,1,5H2,2H3;2-3H,4,10H2,1H3,(H,11,12);1H4. The maximum Gasteiger partial charge on any atom is 0.335 e. The third-order valence-electron chi connectivity index (χ3n) is 17.1. The zero-order valence-corrected chi connectivity index (χ0v) is 57.0. The van der Waals surface area contributed by atoms with Gasteiger partial charge in [0.05, 0.1) is 12.0 Å². The molecule has 7 heterocycles. The van der Waals surface area contributed by atoms with E-state index in [9.17, 15) is 14.4 Å². The van der Waals surface area contributed by atoms with Crippen LogP contribution in [0.3, 0.4) is 0 Å². The number of hydrogen-bond acceptors (Lipinski definition) is 10. The van der Waals surface area contributed by atoms with Gasteiger partial charge < -0.3 is 53.2 Å². The fourth-order valence-electron chi connectivity index (χ4n) is 11.6. The summed E-state index contributed by atoms with van der Waals surface area (Å²) in [5.41, 5.74) is 40.6. The number of aromatic carboxylic acids is 1. The molecule has 0 saturated carbocycles. The van der Waals surface area contributed by atoms with Gasteiger partial charge in [-0.25, -0.2) is 4.79 Å². The molecule has 91 heavy (non-hydrogen) atoms. The van der Waals surface area contributed by atoms with Crippen LogP contribution in [0.2, 0.25) is 5.02 Å². The number of carboxylic acids is 2. The number of anilines is 8. The van der Waals surface area contributed by atoms with E-state index in [-0.39, 0.29) is 19.8 Å². The van der Waals surface area contributed by atoms with Crippen LogP contribution in [0.5, 0.6) is 0 Å². The molecular weight excluding hydrogens is 1340 g/mol. The molecule has 7 aliphatic heterocycles. The number of aliphatic carboxylic acids is 1. The van der Waals surface area contributed by atoms with E-state index in [1.165, 1.54) is 86.3 Å². The number of nitrogens with two attached hydrogens (primary N) is 1. The first-order valence-electron chi connectivity index (χ1n) is 29.6. The molecule has 0 aromatic heterocycles. The molecule has 0 bridgehead atoms. The van der Waals surface area contributed by atoms with Crippen molar-refractivity contribution in [2.45, 2.75) is 121 Å². The Morgan fingerprint density at radius 1 is 0.473 bits per heavy atom. The molecule has 11 N–H and O–H groups in total. The fraction of sp³-hybridized carbons (Fsp3) is 0.240. The molecule has 0 spiro atoms. The molecule has 14 rings (SSSR count). The molecule has 16 heteroatoms. The highest BCUT2D eigenvalue weighted by Crippen LogP contribution is 2.38. The summed E-state index contributed by atoms with van der Waals surface area (Å²) >= 11 is 11.9. The first-order valence-corrected chi connectivity index (χ1v) is 31.8. The average Bonchev–Trinajstić information content (AvgIpc) is 2.56. The largest absolute Gasteiger partial charge is 0.481 e. The number of nitrogens with one attached hydrogen (secondary N) is 7. The lowest BCUT2D eigenvalue weighted by molar-refractivity contribution is -0.137. The smallest absolute Gasteiger partial charge is 0.335 e. The van der Waals surface area contributed by atoms with E-state index < -0.39 is 11.9 Å². The number of carboxylic acid groups (broad SMARTS) is 2. The lowest BCUT2D eigenvalue weighted by Crippen LogP contribution is -2.03. The summed E-state index contributed by atoms with van der Waals surface area (Å²) in [4.78, 5) is 32.4. The lowest BCUT2D eigenvalue weighted by Gasteiger charge is -2.09. The molecule has 0 saturated heterocycles. The van der Waals surface area contributed by atoms with Crippen molar-refractivity contribution in [3.8, 4) is 0 Å². The summed E-state index contributed by atoms with van der Waals surface area (Å²) in [6, 6.07) is 27.7. The second-order valence-electron chi connectivity index (χ2n) is 23.4. The maximum absolute atomic E-state index is 11.0. The van der Waals surface area contributed by atoms with Gasteiger partial charge in [-0.15, -0.1) is 0 Å². The molecule has 0 radical (unpaired) electrons. The SMILES string of the molecule is C.C=C1Cc2c(ccc(Br)c2C)N1.C=C1Cc2c(ccc(C(=O)O)c2C)N1.C=C1Cc2c(ccc(C)c2C)N1.C=C1Cc2c(ccc(CCC(=O)O)c2C)N1.C=C1Cc2c(ccc(Cl)c2C)N1.C=C1Cc2c(ccc(I)c2C)N1.Cc1c(N)ccc2c1CC(=O)N2. The van der Waals surface area contributed by atoms with Crippen molar-refractivity contribution in [2.75, 3.05) is 43.0 Å². The molecule has 474 valence electrons. The molecular formula is C75H83BrClIN8O5. The Morgan fingerprint density at radius 3 is 1.34 bits per heavy atom. The average molecular weight is 1420 g/mol. The van der Waals surface area contributed by atoms with Crippen molar-refractivity contribution >= 4 is 113 Å². The van der Waals surface area contributed by atoms with Crippen LogP contribution in [0.1, 0.15) is 113 Å². The zero-order valence-electron chi connectivity index (χ0n) is 52.5. The van der Waals surface area contributed by atoms with E-state index in [0.29, 0.717) is 18.4 Å². The Morgan fingerprint density at radius 2 is 0.846 bits per heavy atom. The van der Waals surface area contributed by atoms with Crippen LogP contribution in [0.15, 0.2) is 163 Å². The van der Waals surface area contributed by atoms with Gasteiger partial charge in [0.2, 0.25) is 5.91 Å². The van der Waals surface area contributed by atoms with Crippen molar-refractivity contribution in [1.82, 2.24) is 0 Å². The number of carbonyl (C=O) groups excluding carboxylic acids is 1. The number of rotatable bonds is 4. The summed E-state index contributed by atoms with van der Waals surface area (Å²) in [5.74, 6) is -1.57. The highest BCUT2D eigenvalue weighted by Gasteiger charge is 2.24. The van der Waals surface area contributed by atoms with Gasteiger partial charge in [-0.1, -0.05) is 86.6 Å². The van der Waals surface area contributed by atoms with Gasteiger partial charge in [0, 0.05) is 138 Å². The molecule has 0 unspecified atom stereocenters. The summed E-state index contributed by atoms with van der Waals surface area (Å²) < 4.78 is 2.51. The Labute approximate surface area is 563 Å². The number of aryl methyl sites for hydroxylation is 2. The number of carbonyl (C=O) groups is 3. The minimum absolute atomic E-state index is 0. The van der Waals surface area contributed by atoms with Gasteiger partial charge >= 0.3 is 11.9 Å². The monoisotopic (exact) mass is 1420 g/mol. The second kappa shape index (κ2) is 30.1. The van der Waals surface area contributed by atoms with Crippen molar-refractivity contribution in [2.24, 2.45) is 0 Å². The quantitative estimate of drug-likeness (QED) is 0.0591. The Balaban J connectivity index is 0.000000151. The van der Waals surface area contributed by atoms with Crippen molar-refractivity contribution in [3.05, 3.63) is 266 Å². The van der Waals surface area contributed by atoms with E-state index in [2.05, 4.69) is 186 Å². The molecule has 7 aliphatic rings. The third-order valence-corrected chi connectivity index (χ3v) is 19.5. The topological polar surface area (TPSA) is 202 Å². The van der Waals surface area contributed by atoms with Gasteiger partial charge in [0.15, 0.2) is 0 Å². The van der Waals surface area contributed by atoms with E-state index in [1.54, 1.807) is 12.1 Å². The Bertz CT molecular complexity index is 3750. The Kier molecular flexibility index (Phi) is 23.1. The number of fused-ring (bicyclic) bond motifs is 7. The number of benzene rings is 7. The number of halogens is 3. The fourth-order valence-corrected chi connectivity index (χ4v) is 12.7. The van der Waals surface area contributed by atoms with Crippen molar-refractivity contribution in [1.29, 1.82) is 0 Å². The zero-order chi connectivity index (χ0) is 65.6. The van der Waals surface area contributed by atoms with Gasteiger partial charge in [-0.2, -0.15) is 0 Å². The predicted molar refractivity (Wildman–Crippen MR) is 394 cm³/mol. The van der Waals surface area contributed by atoms with E-state index >= 15 is 0 Å². The molecule has 7 aromatic carbocycles. The molecule has 7 aromatic rings. The second-order valence-corrected chi connectivity index (χ2v) is 25.9. The molecule has 0 atom stereocenters. The first-order chi connectivity index (χ1) is 42.6. The van der Waals surface area contributed by atoms with E-state index in [4.69, 9.17) is 27.5 Å². The number of hydrogen-bond donors (Lipinski definition) is 10.